The van der Waals surface area contributed by atoms with Crippen molar-refractivity contribution >= 4 is 24.8 Å². The first kappa shape index (κ1) is 23.6. The van der Waals surface area contributed by atoms with Gasteiger partial charge in [-0.25, -0.2) is 12.2 Å². The Morgan fingerprint density at radius 3 is 1.70 bits per heavy atom. The van der Waals surface area contributed by atoms with Crippen LogP contribution in [0.15, 0.2) is 72.8 Å². The molecule has 3 aromatic carbocycles. The van der Waals surface area contributed by atoms with E-state index in [4.69, 9.17) is 0 Å². The maximum absolute atomic E-state index is 2.99. The summed E-state index contributed by atoms with van der Waals surface area (Å²) in [6, 6.07) is 19.3. The van der Waals surface area contributed by atoms with E-state index in [1.54, 1.807) is 27.4 Å². The summed E-state index contributed by atoms with van der Waals surface area (Å²) in [6.45, 7) is 0. The zero-order valence-corrected chi connectivity index (χ0v) is 19.1. The van der Waals surface area contributed by atoms with E-state index in [2.05, 4.69) is 66.7 Å². The van der Waals surface area contributed by atoms with Crippen LogP contribution in [0.4, 0.5) is 0 Å². The molecule has 1 heteroatoms. The van der Waals surface area contributed by atoms with Crippen molar-refractivity contribution in [3.05, 3.63) is 93.8 Å². The molecule has 3 aromatic rings. The molecule has 0 atom stereocenters. The monoisotopic (exact) mass is 432 g/mol. The molecule has 0 aromatic heterocycles. The molecule has 0 aliphatic heterocycles. The van der Waals surface area contributed by atoms with Crippen LogP contribution >= 0.6 is 0 Å². The maximum atomic E-state index is 2.99. The van der Waals surface area contributed by atoms with E-state index in [0.717, 1.165) is 6.42 Å². The zero-order valence-electron chi connectivity index (χ0n) is 16.7. The molecule has 27 heavy (non-hydrogen) atoms. The second kappa shape index (κ2) is 12.8. The Balaban J connectivity index is 0.000000223. The van der Waals surface area contributed by atoms with E-state index in [9.17, 15) is 0 Å². The predicted octanol–water partition coefficient (Wildman–Crippen LogP) is 7.59. The van der Waals surface area contributed by atoms with Gasteiger partial charge < -0.3 is 14.9 Å². The van der Waals surface area contributed by atoms with Gasteiger partial charge in [-0.1, -0.05) is 36.4 Å². The van der Waals surface area contributed by atoms with Gasteiger partial charge in [-0.05, 0) is 0 Å². The van der Waals surface area contributed by atoms with E-state index in [1.165, 1.54) is 53.6 Å². The molecular weight excluding hydrogens is 404 g/mol. The van der Waals surface area contributed by atoms with Crippen LogP contribution < -0.4 is 0 Å². The van der Waals surface area contributed by atoms with Gasteiger partial charge in [0.05, 0.1) is 0 Å². The van der Waals surface area contributed by atoms with Crippen LogP contribution in [0, 0.1) is 20.9 Å². The Kier molecular flexibility index (Phi) is 11.2. The molecule has 2 aliphatic rings. The molecule has 0 spiro atoms. The summed E-state index contributed by atoms with van der Waals surface area (Å²) in [5.74, 6) is 0. The SMILES string of the molecule is [C-]1=CC=CC1.[CH3-].[CH3-].[Zr]=[C]1CCCCC1.c1ccc2c(c1)[cH-]c1ccccc12. The maximum Gasteiger partial charge on any atom is -0.0771 e. The molecule has 142 valence electrons. The summed E-state index contributed by atoms with van der Waals surface area (Å²) in [5.41, 5.74) is 0. The number of allylic oxidation sites excluding steroid dienone is 4. The third kappa shape index (κ3) is 7.23. The molecule has 0 unspecified atom stereocenters. The Labute approximate surface area is 180 Å². The second-order valence-corrected chi connectivity index (χ2v) is 8.22. The van der Waals surface area contributed by atoms with Crippen molar-refractivity contribution < 1.29 is 24.2 Å². The van der Waals surface area contributed by atoms with E-state index < -0.39 is 0 Å². The third-order valence-corrected chi connectivity index (χ3v) is 5.79. The van der Waals surface area contributed by atoms with Gasteiger partial charge in [-0.3, -0.25) is 6.08 Å². The Hall–Kier alpha value is -1.46. The Morgan fingerprint density at radius 1 is 0.778 bits per heavy atom. The van der Waals surface area contributed by atoms with Gasteiger partial charge in [0, 0.05) is 0 Å². The van der Waals surface area contributed by atoms with Gasteiger partial charge in [0.2, 0.25) is 0 Å². The van der Waals surface area contributed by atoms with E-state index in [-0.39, 0.29) is 14.9 Å². The molecule has 0 heterocycles. The Morgan fingerprint density at radius 2 is 1.33 bits per heavy atom. The quantitative estimate of drug-likeness (QED) is 0.320. The van der Waals surface area contributed by atoms with Gasteiger partial charge >= 0.3 is 59.5 Å². The minimum Gasteiger partial charge on any atom is -0.126 e. The van der Waals surface area contributed by atoms with Crippen molar-refractivity contribution in [3.8, 4) is 0 Å². The molecule has 1 fully saturated rings. The van der Waals surface area contributed by atoms with Crippen molar-refractivity contribution in [2.75, 3.05) is 0 Å². The fourth-order valence-electron chi connectivity index (χ4n) is 3.22. The molecule has 0 nitrogen and oxygen atoms in total. The van der Waals surface area contributed by atoms with Crippen molar-refractivity contribution in [1.82, 2.24) is 0 Å². The first-order valence-corrected chi connectivity index (χ1v) is 10.4. The fourth-order valence-corrected chi connectivity index (χ4v) is 4.09. The third-order valence-electron chi connectivity index (χ3n) is 4.57. The van der Waals surface area contributed by atoms with Gasteiger partial charge in [-0.15, -0.1) is 46.2 Å². The van der Waals surface area contributed by atoms with Crippen LogP contribution in [0.5, 0.6) is 0 Å². The van der Waals surface area contributed by atoms with E-state index >= 15 is 0 Å². The normalized spacial score (nSPS) is 14.4. The van der Waals surface area contributed by atoms with Crippen molar-refractivity contribution in [3.63, 3.8) is 0 Å². The van der Waals surface area contributed by atoms with Crippen LogP contribution in [-0.4, -0.2) is 3.21 Å². The summed E-state index contributed by atoms with van der Waals surface area (Å²) in [5, 5.41) is 5.39. The molecule has 0 N–H and O–H groups in total. The summed E-state index contributed by atoms with van der Waals surface area (Å²) < 4.78 is 1.80. The summed E-state index contributed by atoms with van der Waals surface area (Å²) >= 11 is 1.69. The number of hydrogen-bond donors (Lipinski definition) is 0. The smallest absolute Gasteiger partial charge is 0.0771 e. The average Bonchev–Trinajstić information content (AvgIpc) is 3.34. The van der Waals surface area contributed by atoms with Gasteiger partial charge in [0.1, 0.15) is 0 Å². The fraction of sp³-hybridized carbons (Fsp3) is 0.231. The molecule has 5 rings (SSSR count). The molecule has 2 aliphatic carbocycles. The minimum absolute atomic E-state index is 0. The van der Waals surface area contributed by atoms with Crippen LogP contribution in [0.2, 0.25) is 0 Å². The first-order chi connectivity index (χ1) is 12.3. The van der Waals surface area contributed by atoms with Crippen LogP contribution in [0.3, 0.4) is 0 Å². The topological polar surface area (TPSA) is 0 Å². The average molecular weight is 434 g/mol. The minimum atomic E-state index is 0. The standard InChI is InChI=1S/C13H9.C6H10.C5H5.2CH3.Zr/c1-3-7-12-10(5-1)9-11-6-2-4-8-13(11)12;1-2-4-6-5-3-1;1-2-4-5-3-1;;;/h1-9H;1-5H2;1-3H,4H2;2*1H3;/q-1;;3*-1;. The van der Waals surface area contributed by atoms with Crippen molar-refractivity contribution in [2.24, 2.45) is 0 Å². The van der Waals surface area contributed by atoms with Crippen LogP contribution in [0.25, 0.3) is 21.5 Å². The predicted molar refractivity (Wildman–Crippen MR) is 120 cm³/mol. The van der Waals surface area contributed by atoms with Crippen LogP contribution in [0.1, 0.15) is 38.5 Å². The molecular formula is C26H30Zr-4. The first-order valence-electron chi connectivity index (χ1n) is 9.16. The molecule has 0 bridgehead atoms. The largest absolute Gasteiger partial charge is 0.126 e. The van der Waals surface area contributed by atoms with Gasteiger partial charge in [0.15, 0.2) is 0 Å². The molecule has 0 saturated heterocycles. The summed E-state index contributed by atoms with van der Waals surface area (Å²) in [4.78, 5) is 0. The number of hydrogen-bond acceptors (Lipinski definition) is 0. The summed E-state index contributed by atoms with van der Waals surface area (Å²) in [6.07, 6.45) is 17.3. The Bertz CT molecular complexity index is 811. The van der Waals surface area contributed by atoms with Gasteiger partial charge in [0.25, 0.3) is 0 Å². The molecule has 0 radical (unpaired) electrons. The van der Waals surface area contributed by atoms with E-state index in [0.29, 0.717) is 0 Å². The second-order valence-electron chi connectivity index (χ2n) is 6.49. The summed E-state index contributed by atoms with van der Waals surface area (Å²) in [7, 11) is 0. The molecule has 0 amide bonds. The number of fused-ring (bicyclic) bond motifs is 3. The van der Waals surface area contributed by atoms with Gasteiger partial charge in [-0.2, -0.15) is 6.08 Å². The molecule has 1 saturated carbocycles. The number of rotatable bonds is 0. The van der Waals surface area contributed by atoms with E-state index in [1.807, 2.05) is 12.2 Å². The van der Waals surface area contributed by atoms with Crippen molar-refractivity contribution in [2.45, 2.75) is 38.5 Å². The number of benzene rings is 2. The van der Waals surface area contributed by atoms with Crippen LogP contribution in [-0.2, 0) is 24.2 Å². The zero-order chi connectivity index (χ0) is 17.3. The van der Waals surface area contributed by atoms with Crippen molar-refractivity contribution in [1.29, 1.82) is 0 Å².